The van der Waals surface area contributed by atoms with Crippen LogP contribution in [0.15, 0.2) is 71.9 Å². The second kappa shape index (κ2) is 14.0. The summed E-state index contributed by atoms with van der Waals surface area (Å²) in [5, 5.41) is 5.61. The molecule has 38 heavy (non-hydrogen) atoms. The van der Waals surface area contributed by atoms with E-state index in [0.29, 0.717) is 17.7 Å². The van der Waals surface area contributed by atoms with Crippen molar-refractivity contribution in [3.8, 4) is 11.1 Å². The molecule has 3 rings (SSSR count). The summed E-state index contributed by atoms with van der Waals surface area (Å²) in [6.07, 6.45) is 7.33. The molecule has 0 saturated carbocycles. The van der Waals surface area contributed by atoms with Crippen molar-refractivity contribution in [2.75, 3.05) is 31.4 Å². The smallest absolute Gasteiger partial charge is 0.385 e. The van der Waals surface area contributed by atoms with Crippen LogP contribution >= 0.6 is 0 Å². The van der Waals surface area contributed by atoms with Gasteiger partial charge in [0.05, 0.1) is 29.6 Å². The second-order valence-electron chi connectivity index (χ2n) is 8.34. The van der Waals surface area contributed by atoms with Crippen molar-refractivity contribution in [1.29, 1.82) is 0 Å². The maximum atomic E-state index is 12.8. The van der Waals surface area contributed by atoms with E-state index in [9.17, 15) is 18.0 Å². The van der Waals surface area contributed by atoms with Gasteiger partial charge in [-0.1, -0.05) is 30.3 Å². The maximum Gasteiger partial charge on any atom is 0.417 e. The van der Waals surface area contributed by atoms with E-state index >= 15 is 0 Å². The van der Waals surface area contributed by atoms with Gasteiger partial charge >= 0.3 is 6.18 Å². The zero-order chi connectivity index (χ0) is 27.4. The number of anilines is 2. The van der Waals surface area contributed by atoms with Crippen molar-refractivity contribution in [3.05, 3.63) is 78.0 Å². The summed E-state index contributed by atoms with van der Waals surface area (Å²) < 4.78 is 43.6. The van der Waals surface area contributed by atoms with E-state index in [4.69, 9.17) is 4.74 Å². The average Bonchev–Trinajstić information content (AvgIpc) is 2.89. The Balaban J connectivity index is 1.57. The van der Waals surface area contributed by atoms with Crippen LogP contribution in [0.25, 0.3) is 11.1 Å². The van der Waals surface area contributed by atoms with Crippen LogP contribution in [0.4, 0.5) is 24.8 Å². The van der Waals surface area contributed by atoms with E-state index < -0.39 is 17.6 Å². The molecule has 1 aromatic carbocycles. The number of halogens is 3. The van der Waals surface area contributed by atoms with Gasteiger partial charge in [-0.2, -0.15) is 13.2 Å². The number of benzene rings is 1. The molecule has 2 aromatic heterocycles. The number of nitrogens with zero attached hydrogens (tertiary/aromatic N) is 4. The Morgan fingerprint density at radius 2 is 1.76 bits per heavy atom. The molecular formula is C27H29F3N6O2. The van der Waals surface area contributed by atoms with Gasteiger partial charge in [-0.15, -0.1) is 0 Å². The third-order valence-corrected chi connectivity index (χ3v) is 5.34. The van der Waals surface area contributed by atoms with Crippen LogP contribution in [0.1, 0.15) is 30.4 Å². The fourth-order valence-electron chi connectivity index (χ4n) is 3.46. The standard InChI is InChI=1S/C27H29F3N6O2/c1-31-17-23(6-4-3-5-11-38-2)36-26-33-14-21(15-34-26)20-9-7-19(8-10-20)12-25(37)35-24-13-22(16-32-18-24)27(28,29)30/h6-10,13-18H,3-5,11-12H2,1-2H3,(H,35,37)(H,33,34,36)/b23-6+,31-17-. The molecule has 0 aliphatic carbocycles. The summed E-state index contributed by atoms with van der Waals surface area (Å²) in [4.78, 5) is 28.7. The number of pyridine rings is 1. The summed E-state index contributed by atoms with van der Waals surface area (Å²) in [5.74, 6) is -0.00928. The molecule has 0 radical (unpaired) electrons. The van der Waals surface area contributed by atoms with Gasteiger partial charge in [0.25, 0.3) is 0 Å². The van der Waals surface area contributed by atoms with E-state index in [-0.39, 0.29) is 12.1 Å². The van der Waals surface area contributed by atoms with Crippen molar-refractivity contribution in [2.24, 2.45) is 4.99 Å². The molecule has 0 unspecified atom stereocenters. The number of aliphatic imine (C=N–C) groups is 1. The predicted molar refractivity (Wildman–Crippen MR) is 141 cm³/mol. The molecule has 200 valence electrons. The SMILES string of the molecule is C/N=C\C(=C/CCCCOC)Nc1ncc(-c2ccc(CC(=O)Nc3cncc(C(F)(F)F)c3)cc2)cn1. The molecule has 0 atom stereocenters. The molecule has 11 heteroatoms. The Morgan fingerprint density at radius 3 is 2.42 bits per heavy atom. The van der Waals surface area contributed by atoms with Gasteiger partial charge in [0.2, 0.25) is 11.9 Å². The summed E-state index contributed by atoms with van der Waals surface area (Å²) >= 11 is 0. The van der Waals surface area contributed by atoms with Gasteiger partial charge < -0.3 is 15.4 Å². The molecule has 0 bridgehead atoms. The molecule has 0 fully saturated rings. The Morgan fingerprint density at radius 1 is 1.03 bits per heavy atom. The highest BCUT2D eigenvalue weighted by molar-refractivity contribution is 5.92. The highest BCUT2D eigenvalue weighted by Gasteiger charge is 2.31. The number of carbonyl (C=O) groups is 1. The first-order valence-electron chi connectivity index (χ1n) is 11.9. The maximum absolute atomic E-state index is 12.8. The first-order chi connectivity index (χ1) is 18.3. The van der Waals surface area contributed by atoms with Crippen molar-refractivity contribution in [1.82, 2.24) is 15.0 Å². The van der Waals surface area contributed by atoms with E-state index in [2.05, 4.69) is 30.6 Å². The normalized spacial score (nSPS) is 12.1. The first-order valence-corrected chi connectivity index (χ1v) is 11.9. The second-order valence-corrected chi connectivity index (χ2v) is 8.34. The Hall–Kier alpha value is -4.12. The number of nitrogens with one attached hydrogen (secondary N) is 2. The molecule has 8 nitrogen and oxygen atoms in total. The van der Waals surface area contributed by atoms with E-state index in [0.717, 1.165) is 48.8 Å². The zero-order valence-corrected chi connectivity index (χ0v) is 21.1. The Kier molecular flexibility index (Phi) is 10.5. The number of amides is 1. The molecule has 3 aromatic rings. The van der Waals surface area contributed by atoms with Crippen molar-refractivity contribution >= 4 is 23.8 Å². The van der Waals surface area contributed by atoms with Crippen LogP contribution in [0.2, 0.25) is 0 Å². The lowest BCUT2D eigenvalue weighted by Gasteiger charge is -2.10. The fourth-order valence-corrected chi connectivity index (χ4v) is 3.46. The first kappa shape index (κ1) is 28.5. The molecule has 1 amide bonds. The Labute approximate surface area is 219 Å². The van der Waals surface area contributed by atoms with E-state index in [1.807, 2.05) is 18.2 Å². The van der Waals surface area contributed by atoms with Gasteiger partial charge in [-0.3, -0.25) is 14.8 Å². The highest BCUT2D eigenvalue weighted by Crippen LogP contribution is 2.30. The highest BCUT2D eigenvalue weighted by atomic mass is 19.4. The number of alkyl halides is 3. The van der Waals surface area contributed by atoms with Crippen molar-refractivity contribution < 1.29 is 22.7 Å². The molecule has 2 heterocycles. The van der Waals surface area contributed by atoms with Crippen LogP contribution in [0.5, 0.6) is 0 Å². The Bertz CT molecular complexity index is 1240. The quantitative estimate of drug-likeness (QED) is 0.237. The summed E-state index contributed by atoms with van der Waals surface area (Å²) in [6.45, 7) is 0.731. The number of carbonyl (C=O) groups excluding carboxylic acids is 1. The lowest BCUT2D eigenvalue weighted by Crippen LogP contribution is -2.15. The van der Waals surface area contributed by atoms with Gasteiger partial charge in [-0.05, 0) is 36.5 Å². The monoisotopic (exact) mass is 526 g/mol. The number of unbranched alkanes of at least 4 members (excludes halogenated alkanes) is 2. The number of allylic oxidation sites excluding steroid dienone is 2. The molecule has 0 spiro atoms. The largest absolute Gasteiger partial charge is 0.417 e. The summed E-state index contributed by atoms with van der Waals surface area (Å²) in [6, 6.07) is 8.05. The minimum Gasteiger partial charge on any atom is -0.385 e. The van der Waals surface area contributed by atoms with Crippen LogP contribution < -0.4 is 10.6 Å². The van der Waals surface area contributed by atoms with Gasteiger partial charge in [-0.25, -0.2) is 9.97 Å². The van der Waals surface area contributed by atoms with Gasteiger partial charge in [0, 0.05) is 51.1 Å². The number of hydrogen-bond acceptors (Lipinski definition) is 7. The predicted octanol–water partition coefficient (Wildman–Crippen LogP) is 5.55. The van der Waals surface area contributed by atoms with Crippen LogP contribution in [0, 0.1) is 0 Å². The number of methoxy groups -OCH3 is 1. The molecular weight excluding hydrogens is 497 g/mol. The molecule has 0 aliphatic rings. The third kappa shape index (κ3) is 9.07. The minimum absolute atomic E-state index is 0.00452. The average molecular weight is 527 g/mol. The lowest BCUT2D eigenvalue weighted by molar-refractivity contribution is -0.137. The molecule has 2 N–H and O–H groups in total. The number of ether oxygens (including phenoxy) is 1. The van der Waals surface area contributed by atoms with Crippen LogP contribution in [-0.4, -0.2) is 47.8 Å². The lowest BCUT2D eigenvalue weighted by atomic mass is 10.0. The minimum atomic E-state index is -4.53. The van der Waals surface area contributed by atoms with Crippen LogP contribution in [-0.2, 0) is 22.1 Å². The fraction of sp³-hybridized carbons (Fsp3) is 0.296. The van der Waals surface area contributed by atoms with E-state index in [1.54, 1.807) is 44.9 Å². The van der Waals surface area contributed by atoms with Gasteiger partial charge in [0.1, 0.15) is 0 Å². The topological polar surface area (TPSA) is 101 Å². The number of hydrogen-bond donors (Lipinski definition) is 2. The van der Waals surface area contributed by atoms with Crippen LogP contribution in [0.3, 0.4) is 0 Å². The summed E-state index contributed by atoms with van der Waals surface area (Å²) in [5.41, 5.74) is 2.21. The van der Waals surface area contributed by atoms with E-state index in [1.165, 1.54) is 6.20 Å². The zero-order valence-electron chi connectivity index (χ0n) is 21.1. The van der Waals surface area contributed by atoms with Gasteiger partial charge in [0.15, 0.2) is 0 Å². The van der Waals surface area contributed by atoms with Crippen molar-refractivity contribution in [3.63, 3.8) is 0 Å². The molecule has 0 saturated heterocycles. The third-order valence-electron chi connectivity index (χ3n) is 5.34. The number of aromatic nitrogens is 3. The van der Waals surface area contributed by atoms with Crippen molar-refractivity contribution in [2.45, 2.75) is 31.9 Å². The summed E-state index contributed by atoms with van der Waals surface area (Å²) in [7, 11) is 3.38. The number of rotatable bonds is 12. The molecule has 0 aliphatic heterocycles.